The van der Waals surface area contributed by atoms with Crippen molar-refractivity contribution in [1.82, 2.24) is 15.0 Å². The molecule has 0 aliphatic rings. The van der Waals surface area contributed by atoms with E-state index in [4.69, 9.17) is 9.84 Å². The van der Waals surface area contributed by atoms with Crippen molar-refractivity contribution >= 4 is 11.8 Å². The van der Waals surface area contributed by atoms with Crippen LogP contribution in [-0.4, -0.2) is 31.9 Å². The van der Waals surface area contributed by atoms with Gasteiger partial charge >= 0.3 is 5.97 Å². The standard InChI is InChI=1S/C17H21N3O4/c1-11(21)15(17(2,3)4)20-9-13(18-19-20)10-24-14-7-5-12(6-8-14)16(22)23/h5-9,15H,10H2,1-4H3,(H,22,23)/t15-/m1/s1. The number of carboxylic acid groups (broad SMARTS) is 1. The van der Waals surface area contributed by atoms with Crippen molar-refractivity contribution in [3.05, 3.63) is 41.7 Å². The molecule has 0 amide bonds. The Morgan fingerprint density at radius 1 is 1.25 bits per heavy atom. The number of Topliss-reactive ketones (excluding diaryl/α,β-unsaturated/α-hetero) is 1. The van der Waals surface area contributed by atoms with Gasteiger partial charge in [0.05, 0.1) is 11.8 Å². The lowest BCUT2D eigenvalue weighted by Gasteiger charge is -2.28. The molecule has 0 saturated heterocycles. The van der Waals surface area contributed by atoms with E-state index in [1.807, 2.05) is 20.8 Å². The van der Waals surface area contributed by atoms with Gasteiger partial charge < -0.3 is 9.84 Å². The molecule has 1 aromatic carbocycles. The van der Waals surface area contributed by atoms with E-state index in [-0.39, 0.29) is 23.4 Å². The Morgan fingerprint density at radius 3 is 2.38 bits per heavy atom. The Morgan fingerprint density at radius 2 is 1.88 bits per heavy atom. The van der Waals surface area contributed by atoms with Crippen LogP contribution in [0.2, 0.25) is 0 Å². The van der Waals surface area contributed by atoms with Crippen molar-refractivity contribution in [2.24, 2.45) is 5.41 Å². The molecule has 1 heterocycles. The first-order valence-electron chi connectivity index (χ1n) is 7.56. The maximum Gasteiger partial charge on any atom is 0.335 e. The van der Waals surface area contributed by atoms with E-state index >= 15 is 0 Å². The fraction of sp³-hybridized carbons (Fsp3) is 0.412. The van der Waals surface area contributed by atoms with E-state index in [9.17, 15) is 9.59 Å². The average Bonchev–Trinajstić information content (AvgIpc) is 2.91. The number of rotatable bonds is 6. The number of ketones is 1. The highest BCUT2D eigenvalue weighted by atomic mass is 16.5. The summed E-state index contributed by atoms with van der Waals surface area (Å²) in [6, 6.07) is 5.72. The molecule has 1 N–H and O–H groups in total. The van der Waals surface area contributed by atoms with Crippen LogP contribution in [0.4, 0.5) is 0 Å². The monoisotopic (exact) mass is 331 g/mol. The molecule has 0 unspecified atom stereocenters. The fourth-order valence-electron chi connectivity index (χ4n) is 2.55. The van der Waals surface area contributed by atoms with Gasteiger partial charge in [-0.3, -0.25) is 4.79 Å². The highest BCUT2D eigenvalue weighted by Crippen LogP contribution is 2.30. The van der Waals surface area contributed by atoms with Crippen molar-refractivity contribution in [2.45, 2.75) is 40.3 Å². The van der Waals surface area contributed by atoms with Gasteiger partial charge in [0.1, 0.15) is 24.1 Å². The minimum absolute atomic E-state index is 0.0177. The van der Waals surface area contributed by atoms with E-state index in [1.54, 1.807) is 23.0 Å². The highest BCUT2D eigenvalue weighted by molar-refractivity contribution is 5.87. The molecule has 7 nitrogen and oxygen atoms in total. The molecule has 0 aliphatic carbocycles. The highest BCUT2D eigenvalue weighted by Gasteiger charge is 2.31. The van der Waals surface area contributed by atoms with Gasteiger partial charge in [0, 0.05) is 0 Å². The molecule has 0 spiro atoms. The van der Waals surface area contributed by atoms with Gasteiger partial charge in [0.25, 0.3) is 0 Å². The van der Waals surface area contributed by atoms with Crippen molar-refractivity contribution in [2.75, 3.05) is 0 Å². The molecule has 0 bridgehead atoms. The van der Waals surface area contributed by atoms with Gasteiger partial charge in [0.2, 0.25) is 0 Å². The summed E-state index contributed by atoms with van der Waals surface area (Å²) in [4.78, 5) is 22.7. The average molecular weight is 331 g/mol. The zero-order valence-electron chi connectivity index (χ0n) is 14.2. The minimum Gasteiger partial charge on any atom is -0.487 e. The van der Waals surface area contributed by atoms with Crippen LogP contribution in [0.3, 0.4) is 0 Å². The zero-order chi connectivity index (χ0) is 17.9. The second kappa shape index (κ2) is 6.82. The van der Waals surface area contributed by atoms with E-state index < -0.39 is 12.0 Å². The molecule has 0 fully saturated rings. The Hall–Kier alpha value is -2.70. The first-order valence-corrected chi connectivity index (χ1v) is 7.56. The molecule has 2 rings (SSSR count). The van der Waals surface area contributed by atoms with Gasteiger partial charge in [-0.05, 0) is 36.6 Å². The maximum atomic E-state index is 11.9. The number of carbonyl (C=O) groups excluding carboxylic acids is 1. The molecule has 24 heavy (non-hydrogen) atoms. The summed E-state index contributed by atoms with van der Waals surface area (Å²) in [6.07, 6.45) is 1.70. The Labute approximate surface area is 140 Å². The van der Waals surface area contributed by atoms with E-state index in [1.165, 1.54) is 19.1 Å². The van der Waals surface area contributed by atoms with Crippen LogP contribution in [0.15, 0.2) is 30.5 Å². The molecule has 1 atom stereocenters. The van der Waals surface area contributed by atoms with Crippen LogP contribution in [0.25, 0.3) is 0 Å². The number of carboxylic acids is 1. The first kappa shape index (κ1) is 17.7. The fourth-order valence-corrected chi connectivity index (χ4v) is 2.55. The van der Waals surface area contributed by atoms with Crippen LogP contribution < -0.4 is 4.74 Å². The lowest BCUT2D eigenvalue weighted by molar-refractivity contribution is -0.123. The molecular weight excluding hydrogens is 310 g/mol. The van der Waals surface area contributed by atoms with Gasteiger partial charge in [-0.25, -0.2) is 9.48 Å². The number of benzene rings is 1. The predicted molar refractivity (Wildman–Crippen MR) is 86.9 cm³/mol. The number of carbonyl (C=O) groups is 2. The van der Waals surface area contributed by atoms with Crippen molar-refractivity contribution < 1.29 is 19.4 Å². The molecule has 7 heteroatoms. The Balaban J connectivity index is 2.06. The normalized spacial score (nSPS) is 12.7. The third-order valence-electron chi connectivity index (χ3n) is 3.52. The van der Waals surface area contributed by atoms with Gasteiger partial charge in [-0.1, -0.05) is 26.0 Å². The molecular formula is C17H21N3O4. The summed E-state index contributed by atoms with van der Waals surface area (Å²) in [5.74, 6) is -0.431. The van der Waals surface area contributed by atoms with Crippen LogP contribution in [0.1, 0.15) is 49.8 Å². The molecule has 0 aliphatic heterocycles. The number of aromatic nitrogens is 3. The quantitative estimate of drug-likeness (QED) is 0.874. The lowest BCUT2D eigenvalue weighted by Crippen LogP contribution is -2.30. The molecule has 0 radical (unpaired) electrons. The SMILES string of the molecule is CC(=O)[C@@H](n1cc(COc2ccc(C(=O)O)cc2)nn1)C(C)(C)C. The zero-order valence-corrected chi connectivity index (χ0v) is 14.2. The molecule has 128 valence electrons. The van der Waals surface area contributed by atoms with E-state index in [0.29, 0.717) is 11.4 Å². The summed E-state index contributed by atoms with van der Waals surface area (Å²) in [5, 5.41) is 16.9. The number of aromatic carboxylic acids is 1. The molecule has 1 aromatic heterocycles. The van der Waals surface area contributed by atoms with Crippen molar-refractivity contribution in [3.8, 4) is 5.75 Å². The van der Waals surface area contributed by atoms with Crippen molar-refractivity contribution in [3.63, 3.8) is 0 Å². The topological polar surface area (TPSA) is 94.3 Å². The van der Waals surface area contributed by atoms with E-state index in [2.05, 4.69) is 10.3 Å². The second-order valence-corrected chi connectivity index (χ2v) is 6.69. The van der Waals surface area contributed by atoms with Crippen LogP contribution >= 0.6 is 0 Å². The molecule has 2 aromatic rings. The van der Waals surface area contributed by atoms with Gasteiger partial charge in [-0.15, -0.1) is 5.10 Å². The maximum absolute atomic E-state index is 11.9. The summed E-state index contributed by atoms with van der Waals surface area (Å²) >= 11 is 0. The Kier molecular flexibility index (Phi) is 5.02. The van der Waals surface area contributed by atoms with E-state index in [0.717, 1.165) is 0 Å². The number of hydrogen-bond donors (Lipinski definition) is 1. The minimum atomic E-state index is -0.984. The summed E-state index contributed by atoms with van der Waals surface area (Å²) in [5.41, 5.74) is 0.514. The third kappa shape index (κ3) is 4.18. The number of hydrogen-bond acceptors (Lipinski definition) is 5. The van der Waals surface area contributed by atoms with Gasteiger partial charge in [-0.2, -0.15) is 0 Å². The summed E-state index contributed by atoms with van der Waals surface area (Å²) < 4.78 is 7.14. The largest absolute Gasteiger partial charge is 0.487 e. The summed E-state index contributed by atoms with van der Waals surface area (Å²) in [7, 11) is 0. The Bertz CT molecular complexity index is 729. The third-order valence-corrected chi connectivity index (χ3v) is 3.52. The predicted octanol–water partition coefficient (Wildman–Crippen LogP) is 2.73. The second-order valence-electron chi connectivity index (χ2n) is 6.69. The first-order chi connectivity index (χ1) is 11.2. The van der Waals surface area contributed by atoms with Crippen LogP contribution in [0.5, 0.6) is 5.75 Å². The number of nitrogens with zero attached hydrogens (tertiary/aromatic N) is 3. The molecule has 0 saturated carbocycles. The van der Waals surface area contributed by atoms with Crippen LogP contribution in [-0.2, 0) is 11.4 Å². The van der Waals surface area contributed by atoms with Crippen molar-refractivity contribution in [1.29, 1.82) is 0 Å². The summed E-state index contributed by atoms with van der Waals surface area (Å²) in [6.45, 7) is 7.64. The van der Waals surface area contributed by atoms with Crippen LogP contribution in [0, 0.1) is 5.41 Å². The van der Waals surface area contributed by atoms with Gasteiger partial charge in [0.15, 0.2) is 5.78 Å². The number of ether oxygens (including phenoxy) is 1. The lowest BCUT2D eigenvalue weighted by atomic mass is 9.84. The smallest absolute Gasteiger partial charge is 0.335 e.